The molecule has 1 atom stereocenters. The first-order chi connectivity index (χ1) is 12.7. The lowest BCUT2D eigenvalue weighted by molar-refractivity contribution is 0.0513. The van der Waals surface area contributed by atoms with Crippen molar-refractivity contribution in [3.8, 4) is 10.7 Å². The van der Waals surface area contributed by atoms with Gasteiger partial charge in [-0.2, -0.15) is 0 Å². The molecule has 0 aliphatic carbocycles. The van der Waals surface area contributed by atoms with Crippen LogP contribution in [0.5, 0.6) is 0 Å². The minimum Gasteiger partial charge on any atom is -0.392 e. The number of likely N-dealkylation sites (tertiary alicyclic amines) is 1. The maximum absolute atomic E-state index is 9.93. The van der Waals surface area contributed by atoms with Crippen molar-refractivity contribution in [1.29, 1.82) is 0 Å². The second kappa shape index (κ2) is 7.84. The Morgan fingerprint density at radius 1 is 1.19 bits per heavy atom. The van der Waals surface area contributed by atoms with E-state index in [0.717, 1.165) is 34.9 Å². The summed E-state index contributed by atoms with van der Waals surface area (Å²) in [5.41, 5.74) is 1.20. The average molecular weight is 387 g/mol. The van der Waals surface area contributed by atoms with Crippen LogP contribution in [0.1, 0.15) is 18.4 Å². The van der Waals surface area contributed by atoms with Gasteiger partial charge >= 0.3 is 0 Å². The largest absolute Gasteiger partial charge is 0.392 e. The van der Waals surface area contributed by atoms with E-state index in [1.54, 1.807) is 11.3 Å². The topological polar surface area (TPSA) is 46.2 Å². The molecule has 3 heterocycles. The van der Waals surface area contributed by atoms with Gasteiger partial charge in [-0.3, -0.25) is 9.47 Å². The smallest absolute Gasteiger partial charge is 0.199 e. The molecule has 1 aromatic carbocycles. The second-order valence-electron chi connectivity index (χ2n) is 6.67. The minimum absolute atomic E-state index is 0.249. The Bertz CT molecular complexity index is 902. The van der Waals surface area contributed by atoms with E-state index >= 15 is 0 Å². The normalized spacial score (nSPS) is 18.3. The van der Waals surface area contributed by atoms with Crippen LogP contribution < -0.4 is 0 Å². The first-order valence-electron chi connectivity index (χ1n) is 8.86. The highest BCUT2D eigenvalue weighted by molar-refractivity contribution is 7.71. The third kappa shape index (κ3) is 3.81. The number of benzene rings is 1. The standard InChI is InChI=1S/C19H22N4OS2/c24-16-8-4-10-21(13-16)14-23-19(25)22(12-15-6-2-1-3-7-15)18(20-23)17-9-5-11-26-17/h1-3,5-7,9,11,16,24H,4,8,10,12-14H2/t16-/m0/s1. The van der Waals surface area contributed by atoms with Crippen LogP contribution in [-0.2, 0) is 13.2 Å². The van der Waals surface area contributed by atoms with Gasteiger partial charge in [0.1, 0.15) is 0 Å². The SMILES string of the molecule is O[C@H]1CCCN(Cn2nc(-c3cccs3)n(Cc3ccccc3)c2=S)C1. The molecule has 1 fully saturated rings. The molecule has 1 aliphatic rings. The summed E-state index contributed by atoms with van der Waals surface area (Å²) in [6.45, 7) is 2.98. The van der Waals surface area contributed by atoms with E-state index in [1.807, 2.05) is 28.9 Å². The number of rotatable bonds is 5. The molecule has 26 heavy (non-hydrogen) atoms. The van der Waals surface area contributed by atoms with E-state index < -0.39 is 0 Å². The molecule has 1 aliphatic heterocycles. The fourth-order valence-electron chi connectivity index (χ4n) is 3.38. The lowest BCUT2D eigenvalue weighted by Crippen LogP contribution is -2.39. The monoisotopic (exact) mass is 386 g/mol. The number of aliphatic hydroxyl groups excluding tert-OH is 1. The fourth-order valence-corrected chi connectivity index (χ4v) is 4.35. The van der Waals surface area contributed by atoms with Crippen LogP contribution in [0, 0.1) is 4.77 Å². The summed E-state index contributed by atoms with van der Waals surface area (Å²) >= 11 is 7.44. The van der Waals surface area contributed by atoms with Crippen LogP contribution in [-0.4, -0.2) is 43.5 Å². The summed E-state index contributed by atoms with van der Waals surface area (Å²) in [5, 5.41) is 16.8. The Labute approximate surface area is 162 Å². The number of thiophene rings is 1. The van der Waals surface area contributed by atoms with Crippen LogP contribution >= 0.6 is 23.6 Å². The second-order valence-corrected chi connectivity index (χ2v) is 7.98. The molecule has 0 radical (unpaired) electrons. The predicted octanol–water partition coefficient (Wildman–Crippen LogP) is 3.61. The highest BCUT2D eigenvalue weighted by Crippen LogP contribution is 2.25. The van der Waals surface area contributed by atoms with Gasteiger partial charge in [-0.05, 0) is 42.1 Å². The molecule has 1 N–H and O–H groups in total. The van der Waals surface area contributed by atoms with Gasteiger partial charge in [0.2, 0.25) is 0 Å². The van der Waals surface area contributed by atoms with E-state index in [9.17, 15) is 5.11 Å². The van der Waals surface area contributed by atoms with Crippen LogP contribution in [0.2, 0.25) is 0 Å². The molecule has 5 nitrogen and oxygen atoms in total. The van der Waals surface area contributed by atoms with Crippen molar-refractivity contribution < 1.29 is 5.11 Å². The summed E-state index contributed by atoms with van der Waals surface area (Å²) in [6.07, 6.45) is 1.64. The molecular weight excluding hydrogens is 364 g/mol. The van der Waals surface area contributed by atoms with Crippen molar-refractivity contribution in [3.63, 3.8) is 0 Å². The Kier molecular flexibility index (Phi) is 5.31. The molecule has 3 aromatic rings. The number of piperidine rings is 1. The van der Waals surface area contributed by atoms with Crippen LogP contribution in [0.4, 0.5) is 0 Å². The maximum atomic E-state index is 9.93. The Morgan fingerprint density at radius 2 is 2.04 bits per heavy atom. The van der Waals surface area contributed by atoms with Crippen molar-refractivity contribution in [2.75, 3.05) is 13.1 Å². The molecule has 7 heteroatoms. The summed E-state index contributed by atoms with van der Waals surface area (Å²) in [6, 6.07) is 14.4. The van der Waals surface area contributed by atoms with Gasteiger partial charge in [-0.25, -0.2) is 4.68 Å². The Morgan fingerprint density at radius 3 is 2.77 bits per heavy atom. The number of hydrogen-bond acceptors (Lipinski definition) is 5. The van der Waals surface area contributed by atoms with Gasteiger partial charge in [0, 0.05) is 13.1 Å². The zero-order valence-corrected chi connectivity index (χ0v) is 16.1. The predicted molar refractivity (Wildman–Crippen MR) is 107 cm³/mol. The summed E-state index contributed by atoms with van der Waals surface area (Å²) in [7, 11) is 0. The number of nitrogens with zero attached hydrogens (tertiary/aromatic N) is 4. The number of aliphatic hydroxyl groups is 1. The molecule has 136 valence electrons. The molecular formula is C19H22N4OS2. The molecule has 0 amide bonds. The zero-order valence-electron chi connectivity index (χ0n) is 14.5. The minimum atomic E-state index is -0.249. The van der Waals surface area contributed by atoms with Gasteiger partial charge in [0.25, 0.3) is 0 Å². The third-order valence-electron chi connectivity index (χ3n) is 4.66. The lowest BCUT2D eigenvalue weighted by Gasteiger charge is -2.29. The van der Waals surface area contributed by atoms with E-state index in [-0.39, 0.29) is 6.10 Å². The number of hydrogen-bond donors (Lipinski definition) is 1. The van der Waals surface area contributed by atoms with E-state index in [0.29, 0.717) is 19.8 Å². The first-order valence-corrected chi connectivity index (χ1v) is 10.2. The molecule has 1 saturated heterocycles. The van der Waals surface area contributed by atoms with Gasteiger partial charge < -0.3 is 5.11 Å². The van der Waals surface area contributed by atoms with Gasteiger partial charge in [-0.15, -0.1) is 16.4 Å². The number of β-amino-alcohol motifs (C(OH)–C–C–N with tert-alkyl or cyclic N) is 1. The van der Waals surface area contributed by atoms with Crippen LogP contribution in [0.25, 0.3) is 10.7 Å². The first kappa shape index (κ1) is 17.6. The molecule has 0 unspecified atom stereocenters. The zero-order chi connectivity index (χ0) is 17.9. The summed E-state index contributed by atoms with van der Waals surface area (Å²) in [5.74, 6) is 0.909. The van der Waals surface area contributed by atoms with Crippen molar-refractivity contribution in [1.82, 2.24) is 19.2 Å². The lowest BCUT2D eigenvalue weighted by atomic mass is 10.1. The highest BCUT2D eigenvalue weighted by Gasteiger charge is 2.20. The van der Waals surface area contributed by atoms with Crippen molar-refractivity contribution >= 4 is 23.6 Å². The average Bonchev–Trinajstić information content (AvgIpc) is 3.27. The Hall–Kier alpha value is -1.80. The van der Waals surface area contributed by atoms with Gasteiger partial charge in [0.05, 0.1) is 24.2 Å². The van der Waals surface area contributed by atoms with Crippen LogP contribution in [0.15, 0.2) is 47.8 Å². The molecule has 4 rings (SSSR count). The van der Waals surface area contributed by atoms with Crippen molar-refractivity contribution in [2.45, 2.75) is 32.2 Å². The maximum Gasteiger partial charge on any atom is 0.199 e. The van der Waals surface area contributed by atoms with Crippen molar-refractivity contribution in [2.24, 2.45) is 0 Å². The summed E-state index contributed by atoms with van der Waals surface area (Å²) < 4.78 is 4.72. The highest BCUT2D eigenvalue weighted by atomic mass is 32.1. The molecule has 2 aromatic heterocycles. The van der Waals surface area contributed by atoms with Crippen LogP contribution in [0.3, 0.4) is 0 Å². The summed E-state index contributed by atoms with van der Waals surface area (Å²) in [4.78, 5) is 3.34. The van der Waals surface area contributed by atoms with Gasteiger partial charge in [0.15, 0.2) is 10.6 Å². The molecule has 0 saturated carbocycles. The van der Waals surface area contributed by atoms with E-state index in [2.05, 4.69) is 33.0 Å². The number of aromatic nitrogens is 3. The third-order valence-corrected chi connectivity index (χ3v) is 5.96. The van der Waals surface area contributed by atoms with E-state index in [1.165, 1.54) is 5.56 Å². The fraction of sp³-hybridized carbons (Fsp3) is 0.368. The van der Waals surface area contributed by atoms with Gasteiger partial charge in [-0.1, -0.05) is 36.4 Å². The van der Waals surface area contributed by atoms with Crippen molar-refractivity contribution in [3.05, 3.63) is 58.2 Å². The molecule has 0 bridgehead atoms. The van der Waals surface area contributed by atoms with E-state index in [4.69, 9.17) is 17.3 Å². The molecule has 0 spiro atoms. The quantitative estimate of drug-likeness (QED) is 0.681. The Balaban J connectivity index is 1.67.